The minimum absolute atomic E-state index is 0.120. The van der Waals surface area contributed by atoms with E-state index in [0.717, 1.165) is 44.6 Å². The molecular formula is C16H22N2O2. The molecule has 108 valence electrons. The Bertz CT molecular complexity index is 478. The lowest BCUT2D eigenvalue weighted by molar-refractivity contribution is -0.137. The molecule has 2 saturated heterocycles. The van der Waals surface area contributed by atoms with Gasteiger partial charge in [-0.2, -0.15) is 0 Å². The molecule has 2 fully saturated rings. The fourth-order valence-electron chi connectivity index (χ4n) is 3.36. The first kappa shape index (κ1) is 13.4. The highest BCUT2D eigenvalue weighted by Gasteiger charge is 2.46. The lowest BCUT2D eigenvalue weighted by Crippen LogP contribution is -2.45. The van der Waals surface area contributed by atoms with Gasteiger partial charge in [0.15, 0.2) is 0 Å². The van der Waals surface area contributed by atoms with E-state index in [9.17, 15) is 4.79 Å². The molecule has 0 aliphatic carbocycles. The van der Waals surface area contributed by atoms with Gasteiger partial charge in [0.1, 0.15) is 5.75 Å². The number of ether oxygens (including phenoxy) is 1. The van der Waals surface area contributed by atoms with Crippen LogP contribution in [0.4, 0.5) is 0 Å². The van der Waals surface area contributed by atoms with Gasteiger partial charge < -0.3 is 15.0 Å². The molecule has 2 aliphatic rings. The summed E-state index contributed by atoms with van der Waals surface area (Å²) < 4.78 is 5.16. The summed E-state index contributed by atoms with van der Waals surface area (Å²) >= 11 is 0. The molecule has 0 aromatic heterocycles. The predicted molar refractivity (Wildman–Crippen MR) is 77.6 cm³/mol. The average molecular weight is 274 g/mol. The number of nitrogens with one attached hydrogen (secondary N) is 1. The van der Waals surface area contributed by atoms with Crippen LogP contribution in [0.1, 0.15) is 24.8 Å². The number of piperidine rings is 1. The lowest BCUT2D eigenvalue weighted by Gasteiger charge is -2.32. The quantitative estimate of drug-likeness (QED) is 0.914. The van der Waals surface area contributed by atoms with Crippen molar-refractivity contribution in [2.24, 2.45) is 5.41 Å². The largest absolute Gasteiger partial charge is 0.497 e. The molecule has 0 saturated carbocycles. The number of amides is 1. The third kappa shape index (κ3) is 2.40. The molecule has 1 spiro atoms. The Kier molecular flexibility index (Phi) is 3.66. The normalized spacial score (nSPS) is 26.2. The highest BCUT2D eigenvalue weighted by Crippen LogP contribution is 2.38. The van der Waals surface area contributed by atoms with Gasteiger partial charge in [0, 0.05) is 19.6 Å². The number of carbonyl (C=O) groups excluding carboxylic acids is 1. The molecule has 1 N–H and O–H groups in total. The minimum atomic E-state index is -0.120. The van der Waals surface area contributed by atoms with Gasteiger partial charge in [-0.15, -0.1) is 0 Å². The van der Waals surface area contributed by atoms with Gasteiger partial charge in [-0.3, -0.25) is 4.79 Å². The number of rotatable bonds is 3. The van der Waals surface area contributed by atoms with Crippen LogP contribution >= 0.6 is 0 Å². The molecule has 0 unspecified atom stereocenters. The Morgan fingerprint density at radius 3 is 2.75 bits per heavy atom. The summed E-state index contributed by atoms with van der Waals surface area (Å²) in [6.45, 7) is 3.50. The van der Waals surface area contributed by atoms with Crippen molar-refractivity contribution in [1.82, 2.24) is 10.2 Å². The van der Waals surface area contributed by atoms with Gasteiger partial charge in [-0.1, -0.05) is 12.1 Å². The molecule has 0 radical (unpaired) electrons. The van der Waals surface area contributed by atoms with Gasteiger partial charge in [0.05, 0.1) is 12.5 Å². The summed E-state index contributed by atoms with van der Waals surface area (Å²) in [7, 11) is 1.67. The number of methoxy groups -OCH3 is 1. The highest BCUT2D eigenvalue weighted by atomic mass is 16.5. The van der Waals surface area contributed by atoms with Crippen LogP contribution in [0.5, 0.6) is 5.75 Å². The second-order valence-corrected chi connectivity index (χ2v) is 5.89. The molecule has 1 aromatic rings. The zero-order valence-corrected chi connectivity index (χ0v) is 12.0. The maximum absolute atomic E-state index is 12.7. The van der Waals surface area contributed by atoms with Crippen molar-refractivity contribution < 1.29 is 9.53 Å². The van der Waals surface area contributed by atoms with Gasteiger partial charge in [-0.25, -0.2) is 0 Å². The summed E-state index contributed by atoms with van der Waals surface area (Å²) in [6, 6.07) is 7.98. The average Bonchev–Trinajstić information content (AvgIpc) is 2.78. The van der Waals surface area contributed by atoms with Gasteiger partial charge in [0.25, 0.3) is 0 Å². The third-order valence-electron chi connectivity index (χ3n) is 4.61. The SMILES string of the molecule is COc1ccc(CN2CC[C@]3(CCCNC3)C2=O)cc1. The first-order valence-electron chi connectivity index (χ1n) is 7.37. The summed E-state index contributed by atoms with van der Waals surface area (Å²) in [4.78, 5) is 14.7. The Morgan fingerprint density at radius 1 is 1.30 bits per heavy atom. The second-order valence-electron chi connectivity index (χ2n) is 5.89. The van der Waals surface area contributed by atoms with Gasteiger partial charge >= 0.3 is 0 Å². The van der Waals surface area contributed by atoms with Crippen LogP contribution in [0, 0.1) is 5.41 Å². The molecule has 4 nitrogen and oxygen atoms in total. The summed E-state index contributed by atoms with van der Waals surface area (Å²) in [5.41, 5.74) is 1.05. The summed E-state index contributed by atoms with van der Waals surface area (Å²) in [5.74, 6) is 1.19. The lowest BCUT2D eigenvalue weighted by atomic mass is 9.79. The molecule has 2 heterocycles. The number of hydrogen-bond acceptors (Lipinski definition) is 3. The summed E-state index contributed by atoms with van der Waals surface area (Å²) in [5, 5.41) is 3.38. The van der Waals surface area contributed by atoms with Crippen LogP contribution in [-0.4, -0.2) is 37.6 Å². The molecule has 4 heteroatoms. The zero-order valence-electron chi connectivity index (χ0n) is 12.0. The Labute approximate surface area is 120 Å². The number of benzene rings is 1. The molecular weight excluding hydrogens is 252 g/mol. The van der Waals surface area contributed by atoms with Crippen molar-refractivity contribution in [3.8, 4) is 5.75 Å². The Morgan fingerprint density at radius 2 is 2.10 bits per heavy atom. The van der Waals surface area contributed by atoms with E-state index in [2.05, 4.69) is 5.32 Å². The predicted octanol–water partition coefficient (Wildman–Crippen LogP) is 1.80. The Balaban J connectivity index is 1.67. The fourth-order valence-corrected chi connectivity index (χ4v) is 3.36. The van der Waals surface area contributed by atoms with E-state index in [-0.39, 0.29) is 5.41 Å². The molecule has 1 aromatic carbocycles. The maximum atomic E-state index is 12.7. The smallest absolute Gasteiger partial charge is 0.230 e. The van der Waals surface area contributed by atoms with E-state index < -0.39 is 0 Å². The van der Waals surface area contributed by atoms with Gasteiger partial charge in [-0.05, 0) is 43.5 Å². The van der Waals surface area contributed by atoms with Crippen molar-refractivity contribution in [2.75, 3.05) is 26.7 Å². The Hall–Kier alpha value is -1.55. The van der Waals surface area contributed by atoms with Crippen molar-refractivity contribution >= 4 is 5.91 Å². The first-order valence-corrected chi connectivity index (χ1v) is 7.37. The number of likely N-dealkylation sites (tertiary alicyclic amines) is 1. The number of nitrogens with zero attached hydrogens (tertiary/aromatic N) is 1. The maximum Gasteiger partial charge on any atom is 0.230 e. The first-order chi connectivity index (χ1) is 9.73. The van der Waals surface area contributed by atoms with Crippen LogP contribution in [-0.2, 0) is 11.3 Å². The van der Waals surface area contributed by atoms with E-state index in [1.165, 1.54) is 5.56 Å². The zero-order chi connectivity index (χ0) is 14.0. The topological polar surface area (TPSA) is 41.6 Å². The van der Waals surface area contributed by atoms with E-state index >= 15 is 0 Å². The van der Waals surface area contributed by atoms with Crippen molar-refractivity contribution in [1.29, 1.82) is 0 Å². The summed E-state index contributed by atoms with van der Waals surface area (Å²) in [6.07, 6.45) is 3.15. The molecule has 20 heavy (non-hydrogen) atoms. The van der Waals surface area contributed by atoms with E-state index in [4.69, 9.17) is 4.74 Å². The van der Waals surface area contributed by atoms with Crippen molar-refractivity contribution in [3.63, 3.8) is 0 Å². The molecule has 1 atom stereocenters. The second kappa shape index (κ2) is 5.44. The minimum Gasteiger partial charge on any atom is -0.497 e. The molecule has 3 rings (SSSR count). The monoisotopic (exact) mass is 274 g/mol. The number of carbonyl (C=O) groups is 1. The molecule has 1 amide bonds. The van der Waals surface area contributed by atoms with Crippen LogP contribution < -0.4 is 10.1 Å². The van der Waals surface area contributed by atoms with Crippen LogP contribution in [0.2, 0.25) is 0 Å². The highest BCUT2D eigenvalue weighted by molar-refractivity contribution is 5.85. The third-order valence-corrected chi connectivity index (χ3v) is 4.61. The standard InChI is InChI=1S/C16H22N2O2/c1-20-14-5-3-13(4-6-14)11-18-10-8-16(15(18)19)7-2-9-17-12-16/h3-6,17H,2,7-12H2,1H3/t16-/m0/s1. The molecule has 0 bridgehead atoms. The van der Waals surface area contributed by atoms with E-state index in [1.54, 1.807) is 7.11 Å². The van der Waals surface area contributed by atoms with Gasteiger partial charge in [0.2, 0.25) is 5.91 Å². The van der Waals surface area contributed by atoms with Crippen LogP contribution in [0.25, 0.3) is 0 Å². The van der Waals surface area contributed by atoms with E-state index in [1.807, 2.05) is 29.2 Å². The molecule has 2 aliphatic heterocycles. The number of hydrogen-bond donors (Lipinski definition) is 1. The van der Waals surface area contributed by atoms with Crippen LogP contribution in [0.3, 0.4) is 0 Å². The van der Waals surface area contributed by atoms with Crippen LogP contribution in [0.15, 0.2) is 24.3 Å². The van der Waals surface area contributed by atoms with E-state index in [0.29, 0.717) is 12.5 Å². The van der Waals surface area contributed by atoms with Crippen molar-refractivity contribution in [3.05, 3.63) is 29.8 Å². The fraction of sp³-hybridized carbons (Fsp3) is 0.562. The van der Waals surface area contributed by atoms with Crippen molar-refractivity contribution in [2.45, 2.75) is 25.8 Å².